The molecule has 1 aliphatic heterocycles. The number of benzene rings is 1. The lowest BCUT2D eigenvalue weighted by molar-refractivity contribution is 0.414. The fourth-order valence-electron chi connectivity index (χ4n) is 2.34. The number of aromatic nitrogens is 1. The molecule has 0 fully saturated rings. The number of rotatable bonds is 3. The molecule has 2 nitrogen and oxygen atoms in total. The van der Waals surface area contributed by atoms with Gasteiger partial charge in [-0.2, -0.15) is 0 Å². The van der Waals surface area contributed by atoms with E-state index in [9.17, 15) is 0 Å². The maximum Gasteiger partial charge on any atom is 0.118 e. The second-order valence-electron chi connectivity index (χ2n) is 4.34. The zero-order valence-corrected chi connectivity index (χ0v) is 9.84. The molecule has 1 aliphatic rings. The lowest BCUT2D eigenvalue weighted by Gasteiger charge is -2.09. The standard InChI is InChI=1S/C15H15NO/c1-17-14-6-4-12(5-7-14)11-13-8-10-16-9-2-3-15(13)16/h2-10,13H,11H2,1H3. The van der Waals surface area contributed by atoms with E-state index >= 15 is 0 Å². The number of nitrogens with zero attached hydrogens (tertiary/aromatic N) is 1. The van der Waals surface area contributed by atoms with Crippen molar-refractivity contribution in [2.45, 2.75) is 12.3 Å². The van der Waals surface area contributed by atoms with Crippen LogP contribution in [0.1, 0.15) is 17.2 Å². The average molecular weight is 225 g/mol. The minimum absolute atomic E-state index is 0.499. The molecule has 0 bridgehead atoms. The predicted octanol–water partition coefficient (Wildman–Crippen LogP) is 3.31. The highest BCUT2D eigenvalue weighted by molar-refractivity contribution is 5.42. The molecule has 2 heteroatoms. The van der Waals surface area contributed by atoms with Gasteiger partial charge >= 0.3 is 0 Å². The van der Waals surface area contributed by atoms with Crippen LogP contribution in [0.2, 0.25) is 0 Å². The van der Waals surface area contributed by atoms with E-state index in [0.29, 0.717) is 5.92 Å². The van der Waals surface area contributed by atoms with Gasteiger partial charge < -0.3 is 9.30 Å². The molecule has 1 aromatic heterocycles. The Hall–Kier alpha value is -1.96. The van der Waals surface area contributed by atoms with Crippen LogP contribution in [0.3, 0.4) is 0 Å². The lowest BCUT2D eigenvalue weighted by Crippen LogP contribution is -1.98. The summed E-state index contributed by atoms with van der Waals surface area (Å²) in [6, 6.07) is 12.6. The summed E-state index contributed by atoms with van der Waals surface area (Å²) < 4.78 is 7.35. The van der Waals surface area contributed by atoms with Crippen molar-refractivity contribution in [3.05, 3.63) is 59.9 Å². The molecule has 3 rings (SSSR count). The van der Waals surface area contributed by atoms with E-state index in [1.807, 2.05) is 12.1 Å². The minimum Gasteiger partial charge on any atom is -0.497 e. The molecule has 0 amide bonds. The van der Waals surface area contributed by atoms with Crippen molar-refractivity contribution >= 4 is 6.20 Å². The Morgan fingerprint density at radius 3 is 2.76 bits per heavy atom. The summed E-state index contributed by atoms with van der Waals surface area (Å²) in [6.07, 6.45) is 7.55. The molecule has 2 heterocycles. The first kappa shape index (κ1) is 10.2. The lowest BCUT2D eigenvalue weighted by atomic mass is 9.97. The van der Waals surface area contributed by atoms with Gasteiger partial charge in [-0.3, -0.25) is 0 Å². The predicted molar refractivity (Wildman–Crippen MR) is 69.2 cm³/mol. The maximum atomic E-state index is 5.16. The summed E-state index contributed by atoms with van der Waals surface area (Å²) in [4.78, 5) is 0. The second-order valence-corrected chi connectivity index (χ2v) is 4.34. The molecule has 0 radical (unpaired) electrons. The highest BCUT2D eigenvalue weighted by atomic mass is 16.5. The van der Waals surface area contributed by atoms with Gasteiger partial charge in [-0.05, 0) is 36.2 Å². The van der Waals surface area contributed by atoms with Crippen molar-refractivity contribution in [3.63, 3.8) is 0 Å². The van der Waals surface area contributed by atoms with Crippen molar-refractivity contribution in [2.75, 3.05) is 7.11 Å². The van der Waals surface area contributed by atoms with Crippen molar-refractivity contribution < 1.29 is 4.74 Å². The number of hydrogen-bond donors (Lipinski definition) is 0. The number of hydrogen-bond acceptors (Lipinski definition) is 1. The van der Waals surface area contributed by atoms with Gasteiger partial charge in [0.15, 0.2) is 0 Å². The summed E-state index contributed by atoms with van der Waals surface area (Å²) in [5, 5.41) is 0. The first-order chi connectivity index (χ1) is 8.36. The Kier molecular flexibility index (Phi) is 2.48. The van der Waals surface area contributed by atoms with E-state index in [-0.39, 0.29) is 0 Å². The van der Waals surface area contributed by atoms with Crippen LogP contribution in [-0.4, -0.2) is 11.7 Å². The molecule has 0 saturated carbocycles. The van der Waals surface area contributed by atoms with Gasteiger partial charge in [-0.1, -0.05) is 18.2 Å². The van der Waals surface area contributed by atoms with Crippen LogP contribution in [0.15, 0.2) is 48.7 Å². The number of fused-ring (bicyclic) bond motifs is 1. The van der Waals surface area contributed by atoms with Crippen molar-refractivity contribution in [3.8, 4) is 5.75 Å². The van der Waals surface area contributed by atoms with Crippen molar-refractivity contribution in [1.82, 2.24) is 4.57 Å². The van der Waals surface area contributed by atoms with Crippen molar-refractivity contribution in [1.29, 1.82) is 0 Å². The third-order valence-corrected chi connectivity index (χ3v) is 3.29. The highest BCUT2D eigenvalue weighted by Crippen LogP contribution is 2.28. The quantitative estimate of drug-likeness (QED) is 0.781. The number of ether oxygens (including phenoxy) is 1. The normalized spacial score (nSPS) is 17.1. The summed E-state index contributed by atoms with van der Waals surface area (Å²) in [5.41, 5.74) is 2.72. The fraction of sp³-hybridized carbons (Fsp3) is 0.200. The largest absolute Gasteiger partial charge is 0.497 e. The van der Waals surface area contributed by atoms with Gasteiger partial charge in [0.2, 0.25) is 0 Å². The van der Waals surface area contributed by atoms with Crippen LogP contribution in [0.5, 0.6) is 5.75 Å². The number of allylic oxidation sites excluding steroid dienone is 1. The summed E-state index contributed by atoms with van der Waals surface area (Å²) >= 11 is 0. The van der Waals surface area contributed by atoms with Crippen LogP contribution in [0.4, 0.5) is 0 Å². The van der Waals surface area contributed by atoms with Gasteiger partial charge in [0.25, 0.3) is 0 Å². The summed E-state index contributed by atoms with van der Waals surface area (Å²) in [7, 11) is 1.70. The van der Waals surface area contributed by atoms with Gasteiger partial charge in [0, 0.05) is 24.0 Å². The Morgan fingerprint density at radius 2 is 2.00 bits per heavy atom. The third kappa shape index (κ3) is 1.86. The molecule has 86 valence electrons. The van der Waals surface area contributed by atoms with Gasteiger partial charge in [0.1, 0.15) is 5.75 Å². The fourth-order valence-corrected chi connectivity index (χ4v) is 2.34. The zero-order valence-electron chi connectivity index (χ0n) is 9.84. The SMILES string of the molecule is COc1ccc(CC2C=Cn3cccc32)cc1. The van der Waals surface area contributed by atoms with Gasteiger partial charge in [-0.25, -0.2) is 0 Å². The van der Waals surface area contributed by atoms with E-state index < -0.39 is 0 Å². The van der Waals surface area contributed by atoms with Crippen LogP contribution >= 0.6 is 0 Å². The molecule has 0 saturated heterocycles. The van der Waals surface area contributed by atoms with Crippen LogP contribution < -0.4 is 4.74 Å². The molecule has 0 aliphatic carbocycles. The van der Waals surface area contributed by atoms with E-state index in [2.05, 4.69) is 47.3 Å². The molecule has 1 atom stereocenters. The third-order valence-electron chi connectivity index (χ3n) is 3.29. The Labute approximate surface area is 101 Å². The minimum atomic E-state index is 0.499. The highest BCUT2D eigenvalue weighted by Gasteiger charge is 2.16. The van der Waals surface area contributed by atoms with E-state index in [4.69, 9.17) is 4.74 Å². The van der Waals surface area contributed by atoms with Crippen LogP contribution in [0, 0.1) is 0 Å². The number of methoxy groups -OCH3 is 1. The van der Waals surface area contributed by atoms with Crippen LogP contribution in [-0.2, 0) is 6.42 Å². The molecule has 0 spiro atoms. The molecule has 1 aromatic carbocycles. The van der Waals surface area contributed by atoms with Gasteiger partial charge in [0.05, 0.1) is 7.11 Å². The van der Waals surface area contributed by atoms with Crippen LogP contribution in [0.25, 0.3) is 6.20 Å². The average Bonchev–Trinajstić information content (AvgIpc) is 2.95. The molecule has 1 unspecified atom stereocenters. The van der Waals surface area contributed by atoms with Gasteiger partial charge in [-0.15, -0.1) is 0 Å². The zero-order chi connectivity index (χ0) is 11.7. The molecular weight excluding hydrogens is 210 g/mol. The van der Waals surface area contributed by atoms with E-state index in [1.165, 1.54) is 11.3 Å². The summed E-state index contributed by atoms with van der Waals surface area (Å²) in [5.74, 6) is 1.41. The Bertz CT molecular complexity index is 536. The molecular formula is C15H15NO. The molecule has 2 aromatic rings. The van der Waals surface area contributed by atoms with E-state index in [1.54, 1.807) is 7.11 Å². The maximum absolute atomic E-state index is 5.16. The Morgan fingerprint density at radius 1 is 1.18 bits per heavy atom. The topological polar surface area (TPSA) is 14.2 Å². The first-order valence-corrected chi connectivity index (χ1v) is 5.85. The van der Waals surface area contributed by atoms with Crippen molar-refractivity contribution in [2.24, 2.45) is 0 Å². The first-order valence-electron chi connectivity index (χ1n) is 5.85. The summed E-state index contributed by atoms with van der Waals surface area (Å²) in [6.45, 7) is 0. The molecule has 17 heavy (non-hydrogen) atoms. The molecule has 0 N–H and O–H groups in total. The Balaban J connectivity index is 1.78. The smallest absolute Gasteiger partial charge is 0.118 e. The second kappa shape index (κ2) is 4.13. The monoisotopic (exact) mass is 225 g/mol. The van der Waals surface area contributed by atoms with E-state index in [0.717, 1.165) is 12.2 Å².